The van der Waals surface area contributed by atoms with Crippen LogP contribution in [0.25, 0.3) is 0 Å². The second-order valence-corrected chi connectivity index (χ2v) is 6.58. The molecular formula is C15H18N2O4S. The molecule has 2 N–H and O–H groups in total. The quantitative estimate of drug-likeness (QED) is 0.843. The first kappa shape index (κ1) is 16.3. The molecular weight excluding hydrogens is 304 g/mol. The van der Waals surface area contributed by atoms with Gasteiger partial charge in [0.25, 0.3) is 15.9 Å². The lowest BCUT2D eigenvalue weighted by Gasteiger charge is -2.06. The average molecular weight is 322 g/mol. The van der Waals surface area contributed by atoms with E-state index in [1.807, 2.05) is 31.2 Å². The van der Waals surface area contributed by atoms with E-state index >= 15 is 0 Å². The molecule has 0 atom stereocenters. The number of aryl methyl sites for hydroxylation is 1. The summed E-state index contributed by atoms with van der Waals surface area (Å²) in [6.45, 7) is 2.46. The van der Waals surface area contributed by atoms with Gasteiger partial charge in [0.1, 0.15) is 0 Å². The first-order valence-electron chi connectivity index (χ1n) is 6.80. The highest BCUT2D eigenvalue weighted by Crippen LogP contribution is 2.13. The third-order valence-electron chi connectivity index (χ3n) is 3.28. The fraction of sp³-hybridized carbons (Fsp3) is 0.267. The first-order chi connectivity index (χ1) is 10.4. The molecule has 22 heavy (non-hydrogen) atoms. The molecule has 0 bridgehead atoms. The Bertz CT molecular complexity index is 765. The largest absolute Gasteiger partial charge is 0.438 e. The lowest BCUT2D eigenvalue weighted by molar-refractivity contribution is 0.0921. The molecule has 0 aliphatic heterocycles. The molecule has 1 aromatic carbocycles. The summed E-state index contributed by atoms with van der Waals surface area (Å²) in [4.78, 5) is 11.9. The minimum Gasteiger partial charge on any atom is -0.438 e. The summed E-state index contributed by atoms with van der Waals surface area (Å²) >= 11 is 0. The maximum absolute atomic E-state index is 11.9. The molecule has 1 heterocycles. The van der Waals surface area contributed by atoms with Crippen LogP contribution in [-0.4, -0.2) is 27.9 Å². The minimum atomic E-state index is -3.68. The van der Waals surface area contributed by atoms with Crippen LogP contribution in [0.4, 0.5) is 0 Å². The van der Waals surface area contributed by atoms with Crippen molar-refractivity contribution in [2.75, 3.05) is 13.6 Å². The van der Waals surface area contributed by atoms with E-state index in [2.05, 4.69) is 10.0 Å². The van der Waals surface area contributed by atoms with Crippen LogP contribution in [0.5, 0.6) is 0 Å². The Hall–Kier alpha value is -2.12. The van der Waals surface area contributed by atoms with Gasteiger partial charge in [0.2, 0.25) is 5.09 Å². The van der Waals surface area contributed by atoms with Crippen molar-refractivity contribution < 1.29 is 17.6 Å². The Balaban J connectivity index is 1.95. The lowest BCUT2D eigenvalue weighted by Crippen LogP contribution is -2.25. The Morgan fingerprint density at radius 2 is 1.91 bits per heavy atom. The Morgan fingerprint density at radius 3 is 2.59 bits per heavy atom. The average Bonchev–Trinajstić information content (AvgIpc) is 3.00. The van der Waals surface area contributed by atoms with E-state index in [9.17, 15) is 13.2 Å². The van der Waals surface area contributed by atoms with E-state index in [4.69, 9.17) is 4.42 Å². The van der Waals surface area contributed by atoms with E-state index in [0.29, 0.717) is 13.0 Å². The summed E-state index contributed by atoms with van der Waals surface area (Å²) < 4.78 is 30.3. The van der Waals surface area contributed by atoms with Crippen molar-refractivity contribution in [2.45, 2.75) is 18.4 Å². The number of carbonyl (C=O) groups is 1. The Morgan fingerprint density at radius 1 is 1.18 bits per heavy atom. The molecule has 0 radical (unpaired) electrons. The molecule has 0 aliphatic carbocycles. The van der Waals surface area contributed by atoms with Crippen molar-refractivity contribution in [3.63, 3.8) is 0 Å². The molecule has 0 fully saturated rings. The SMILES string of the molecule is CNS(=O)(=O)c1ccc(C(=O)NCCc2ccccc2C)o1. The predicted octanol–water partition coefficient (Wildman–Crippen LogP) is 1.47. The van der Waals surface area contributed by atoms with Gasteiger partial charge in [0, 0.05) is 6.54 Å². The van der Waals surface area contributed by atoms with Crippen LogP contribution < -0.4 is 10.0 Å². The van der Waals surface area contributed by atoms with Crippen LogP contribution in [0, 0.1) is 6.92 Å². The van der Waals surface area contributed by atoms with Crippen LogP contribution in [0.2, 0.25) is 0 Å². The second-order valence-electron chi connectivity index (χ2n) is 4.76. The molecule has 118 valence electrons. The third-order valence-corrected chi connectivity index (χ3v) is 4.57. The zero-order valence-electron chi connectivity index (χ0n) is 12.4. The zero-order chi connectivity index (χ0) is 16.2. The van der Waals surface area contributed by atoms with Gasteiger partial charge in [-0.1, -0.05) is 24.3 Å². The fourth-order valence-corrected chi connectivity index (χ4v) is 2.62. The highest BCUT2D eigenvalue weighted by atomic mass is 32.2. The van der Waals surface area contributed by atoms with Crippen LogP contribution in [0.15, 0.2) is 45.9 Å². The maximum Gasteiger partial charge on any atom is 0.287 e. The normalized spacial score (nSPS) is 11.4. The van der Waals surface area contributed by atoms with Gasteiger partial charge in [-0.2, -0.15) is 0 Å². The number of carbonyl (C=O) groups excluding carboxylic acids is 1. The number of hydrogen-bond acceptors (Lipinski definition) is 4. The summed E-state index contributed by atoms with van der Waals surface area (Å²) in [7, 11) is -2.40. The van der Waals surface area contributed by atoms with Crippen molar-refractivity contribution in [1.82, 2.24) is 10.0 Å². The highest BCUT2D eigenvalue weighted by molar-refractivity contribution is 7.89. The molecule has 1 aromatic heterocycles. The molecule has 7 heteroatoms. The Kier molecular flexibility index (Phi) is 4.99. The molecule has 0 aliphatic rings. The fourth-order valence-electron chi connectivity index (χ4n) is 1.98. The number of amides is 1. The third kappa shape index (κ3) is 3.75. The second kappa shape index (κ2) is 6.76. The summed E-state index contributed by atoms with van der Waals surface area (Å²) in [6.07, 6.45) is 0.695. The maximum atomic E-state index is 11.9. The summed E-state index contributed by atoms with van der Waals surface area (Å²) in [6, 6.07) is 10.5. The number of sulfonamides is 1. The van der Waals surface area contributed by atoms with E-state index < -0.39 is 15.9 Å². The monoisotopic (exact) mass is 322 g/mol. The van der Waals surface area contributed by atoms with Crippen molar-refractivity contribution in [3.05, 3.63) is 53.3 Å². The Labute approximate surface area is 129 Å². The van der Waals surface area contributed by atoms with Gasteiger partial charge in [-0.25, -0.2) is 13.1 Å². The molecule has 2 rings (SSSR count). The standard InChI is InChI=1S/C15H18N2O4S/c1-11-5-3-4-6-12(11)9-10-17-15(18)13-7-8-14(21-13)22(19,20)16-2/h3-8,16H,9-10H2,1-2H3,(H,17,18). The van der Waals surface area contributed by atoms with Crippen molar-refractivity contribution in [1.29, 1.82) is 0 Å². The molecule has 2 aromatic rings. The predicted molar refractivity (Wildman–Crippen MR) is 82.2 cm³/mol. The van der Waals surface area contributed by atoms with Crippen LogP contribution in [-0.2, 0) is 16.4 Å². The zero-order valence-corrected chi connectivity index (χ0v) is 13.2. The van der Waals surface area contributed by atoms with Gasteiger partial charge in [-0.05, 0) is 43.7 Å². The molecule has 6 nitrogen and oxygen atoms in total. The van der Waals surface area contributed by atoms with Crippen LogP contribution >= 0.6 is 0 Å². The van der Waals surface area contributed by atoms with Crippen molar-refractivity contribution >= 4 is 15.9 Å². The molecule has 0 unspecified atom stereocenters. The number of rotatable bonds is 6. The van der Waals surface area contributed by atoms with Gasteiger partial charge in [0.05, 0.1) is 0 Å². The van der Waals surface area contributed by atoms with E-state index in [1.165, 1.54) is 19.2 Å². The van der Waals surface area contributed by atoms with Gasteiger partial charge in [0.15, 0.2) is 5.76 Å². The van der Waals surface area contributed by atoms with Crippen molar-refractivity contribution in [2.24, 2.45) is 0 Å². The van der Waals surface area contributed by atoms with Gasteiger partial charge >= 0.3 is 0 Å². The van der Waals surface area contributed by atoms with Crippen molar-refractivity contribution in [3.8, 4) is 0 Å². The number of nitrogens with one attached hydrogen (secondary N) is 2. The van der Waals surface area contributed by atoms with E-state index in [1.54, 1.807) is 0 Å². The van der Waals surface area contributed by atoms with E-state index in [0.717, 1.165) is 11.1 Å². The van der Waals surface area contributed by atoms with Gasteiger partial charge < -0.3 is 9.73 Å². The topological polar surface area (TPSA) is 88.4 Å². The van der Waals surface area contributed by atoms with Crippen LogP contribution in [0.3, 0.4) is 0 Å². The van der Waals surface area contributed by atoms with E-state index in [-0.39, 0.29) is 10.9 Å². The highest BCUT2D eigenvalue weighted by Gasteiger charge is 2.19. The number of hydrogen-bond donors (Lipinski definition) is 2. The molecule has 1 amide bonds. The number of benzene rings is 1. The summed E-state index contributed by atoms with van der Waals surface area (Å²) in [5.74, 6) is -0.468. The summed E-state index contributed by atoms with van der Waals surface area (Å²) in [5, 5.41) is 2.43. The molecule has 0 saturated heterocycles. The first-order valence-corrected chi connectivity index (χ1v) is 8.28. The molecule has 0 saturated carbocycles. The smallest absolute Gasteiger partial charge is 0.287 e. The lowest BCUT2D eigenvalue weighted by atomic mass is 10.1. The minimum absolute atomic E-state index is 0.0291. The molecule has 0 spiro atoms. The summed E-state index contributed by atoms with van der Waals surface area (Å²) in [5.41, 5.74) is 2.32. The van der Waals surface area contributed by atoms with Gasteiger partial charge in [-0.15, -0.1) is 0 Å². The van der Waals surface area contributed by atoms with Crippen LogP contribution in [0.1, 0.15) is 21.7 Å². The van der Waals surface area contributed by atoms with Gasteiger partial charge in [-0.3, -0.25) is 4.79 Å². The number of furan rings is 1.